The van der Waals surface area contributed by atoms with Gasteiger partial charge in [0.15, 0.2) is 5.65 Å². The number of aryl methyl sites for hydroxylation is 1. The van der Waals surface area contributed by atoms with Crippen LogP contribution < -0.4 is 5.56 Å². The van der Waals surface area contributed by atoms with E-state index in [0.29, 0.717) is 74.5 Å². The molecular formula is C30H37N5O5S. The van der Waals surface area contributed by atoms with E-state index in [1.807, 2.05) is 37.3 Å². The maximum absolute atomic E-state index is 13.3. The molecule has 2 aromatic heterocycles. The molecule has 2 N–H and O–H groups in total. The average Bonchev–Trinajstić information content (AvgIpc) is 3.36. The zero-order valence-corrected chi connectivity index (χ0v) is 24.3. The lowest BCUT2D eigenvalue weighted by atomic mass is 9.99. The van der Waals surface area contributed by atoms with Crippen LogP contribution in [0.5, 0.6) is 0 Å². The largest absolute Gasteiger partial charge is 0.391 e. The summed E-state index contributed by atoms with van der Waals surface area (Å²) >= 11 is 0. The highest BCUT2D eigenvalue weighted by Gasteiger charge is 2.28. The first kappa shape index (κ1) is 29.1. The zero-order valence-electron chi connectivity index (χ0n) is 23.5. The fourth-order valence-electron chi connectivity index (χ4n) is 5.40. The number of aromatic amines is 1. The van der Waals surface area contributed by atoms with Crippen molar-refractivity contribution < 1.29 is 18.3 Å². The maximum atomic E-state index is 13.3. The molecule has 10 nitrogen and oxygen atoms in total. The van der Waals surface area contributed by atoms with Gasteiger partial charge in [-0.25, -0.2) is 18.1 Å². The molecule has 0 aliphatic carbocycles. The van der Waals surface area contributed by atoms with Gasteiger partial charge in [0.1, 0.15) is 11.2 Å². The second-order valence-electron chi connectivity index (χ2n) is 10.4. The molecule has 1 aliphatic rings. The average molecular weight is 580 g/mol. The second kappa shape index (κ2) is 12.6. The Balaban J connectivity index is 1.45. The Morgan fingerprint density at radius 3 is 2.39 bits per heavy atom. The number of ether oxygens (including phenoxy) is 1. The van der Waals surface area contributed by atoms with E-state index in [0.717, 1.165) is 17.5 Å². The van der Waals surface area contributed by atoms with Crippen LogP contribution in [0.25, 0.3) is 11.0 Å². The van der Waals surface area contributed by atoms with Crippen LogP contribution >= 0.6 is 0 Å². The van der Waals surface area contributed by atoms with Gasteiger partial charge in [-0.1, -0.05) is 62.7 Å². The molecule has 0 amide bonds. The Bertz CT molecular complexity index is 1630. The van der Waals surface area contributed by atoms with Crippen molar-refractivity contribution in [1.82, 2.24) is 24.1 Å². The van der Waals surface area contributed by atoms with Crippen LogP contribution in [-0.4, -0.2) is 70.0 Å². The highest BCUT2D eigenvalue weighted by Crippen LogP contribution is 2.26. The van der Waals surface area contributed by atoms with Crippen molar-refractivity contribution in [3.05, 3.63) is 87.6 Å². The summed E-state index contributed by atoms with van der Waals surface area (Å²) < 4.78 is 34.4. The van der Waals surface area contributed by atoms with E-state index in [1.165, 1.54) is 4.31 Å². The molecule has 1 fully saturated rings. The topological polar surface area (TPSA) is 130 Å². The number of sulfonamides is 1. The minimum absolute atomic E-state index is 0.223. The number of hydrogen-bond donors (Lipinski definition) is 2. The molecule has 0 saturated carbocycles. The second-order valence-corrected chi connectivity index (χ2v) is 12.3. The van der Waals surface area contributed by atoms with Crippen LogP contribution in [0.2, 0.25) is 0 Å². The molecule has 11 heteroatoms. The standard InChI is InChI=1S/C30H37N5O5S/c1-3-8-25(26(36)19-21-9-6-5-7-10-21)35-29-28(24(4-2)33-35)30(37)32-27(31-29)20-22-11-13-23(14-12-22)41(38,39)34-15-17-40-18-16-34/h5-7,9-14,25-26,36H,3-4,8,15-20H2,1-2H3,(H,31,32,37). The Morgan fingerprint density at radius 2 is 1.73 bits per heavy atom. The van der Waals surface area contributed by atoms with Crippen molar-refractivity contribution in [2.45, 2.75) is 63.0 Å². The molecule has 2 aromatic carbocycles. The molecule has 2 atom stereocenters. The van der Waals surface area contributed by atoms with Crippen LogP contribution in [0.3, 0.4) is 0 Å². The Kier molecular flexibility index (Phi) is 8.98. The van der Waals surface area contributed by atoms with Crippen LogP contribution in [0.4, 0.5) is 0 Å². The van der Waals surface area contributed by atoms with E-state index in [1.54, 1.807) is 28.9 Å². The molecule has 0 spiro atoms. The minimum Gasteiger partial charge on any atom is -0.391 e. The van der Waals surface area contributed by atoms with Gasteiger partial charge in [-0.3, -0.25) is 4.79 Å². The molecule has 218 valence electrons. The third-order valence-electron chi connectivity index (χ3n) is 7.55. The van der Waals surface area contributed by atoms with Gasteiger partial charge in [0, 0.05) is 25.9 Å². The number of H-pyrrole nitrogens is 1. The van der Waals surface area contributed by atoms with Crippen molar-refractivity contribution >= 4 is 21.1 Å². The maximum Gasteiger partial charge on any atom is 0.262 e. The summed E-state index contributed by atoms with van der Waals surface area (Å²) in [4.78, 5) is 21.2. The molecule has 1 saturated heterocycles. The van der Waals surface area contributed by atoms with Crippen molar-refractivity contribution in [3.8, 4) is 0 Å². The van der Waals surface area contributed by atoms with Gasteiger partial charge < -0.3 is 14.8 Å². The number of morpholine rings is 1. The molecule has 0 radical (unpaired) electrons. The quantitative estimate of drug-likeness (QED) is 0.279. The number of aliphatic hydroxyl groups is 1. The molecule has 2 unspecified atom stereocenters. The van der Waals surface area contributed by atoms with E-state index >= 15 is 0 Å². The number of nitrogens with one attached hydrogen (secondary N) is 1. The van der Waals surface area contributed by atoms with Crippen molar-refractivity contribution in [2.75, 3.05) is 26.3 Å². The van der Waals surface area contributed by atoms with E-state index in [-0.39, 0.29) is 16.5 Å². The van der Waals surface area contributed by atoms with Crippen molar-refractivity contribution in [2.24, 2.45) is 0 Å². The van der Waals surface area contributed by atoms with Gasteiger partial charge >= 0.3 is 0 Å². The molecule has 41 heavy (non-hydrogen) atoms. The molecule has 5 rings (SSSR count). The summed E-state index contributed by atoms with van der Waals surface area (Å²) in [5.74, 6) is 0.447. The predicted octanol–water partition coefficient (Wildman–Crippen LogP) is 3.24. The number of fused-ring (bicyclic) bond motifs is 1. The van der Waals surface area contributed by atoms with Gasteiger partial charge in [0.05, 0.1) is 35.9 Å². The first-order valence-corrected chi connectivity index (χ1v) is 15.6. The normalized spacial score (nSPS) is 16.2. The zero-order chi connectivity index (χ0) is 29.0. The lowest BCUT2D eigenvalue weighted by Crippen LogP contribution is -2.40. The molecule has 1 aliphatic heterocycles. The first-order chi connectivity index (χ1) is 19.8. The summed E-state index contributed by atoms with van der Waals surface area (Å²) in [6, 6.07) is 16.2. The third kappa shape index (κ3) is 6.28. The third-order valence-corrected chi connectivity index (χ3v) is 9.46. The van der Waals surface area contributed by atoms with Crippen LogP contribution in [-0.2, 0) is 34.0 Å². The van der Waals surface area contributed by atoms with Gasteiger partial charge in [-0.15, -0.1) is 0 Å². The number of aromatic nitrogens is 4. The number of rotatable bonds is 11. The molecule has 4 aromatic rings. The van der Waals surface area contributed by atoms with Crippen molar-refractivity contribution in [1.29, 1.82) is 0 Å². The van der Waals surface area contributed by atoms with Gasteiger partial charge in [-0.05, 0) is 36.1 Å². The lowest BCUT2D eigenvalue weighted by molar-refractivity contribution is 0.0730. The van der Waals surface area contributed by atoms with E-state index in [9.17, 15) is 18.3 Å². The first-order valence-electron chi connectivity index (χ1n) is 14.2. The lowest BCUT2D eigenvalue weighted by Gasteiger charge is -2.26. The number of benzene rings is 2. The van der Waals surface area contributed by atoms with Crippen LogP contribution in [0, 0.1) is 0 Å². The Morgan fingerprint density at radius 1 is 1.02 bits per heavy atom. The highest BCUT2D eigenvalue weighted by molar-refractivity contribution is 7.89. The Hall–Kier alpha value is -3.38. The molecule has 3 heterocycles. The number of hydrogen-bond acceptors (Lipinski definition) is 7. The van der Waals surface area contributed by atoms with Crippen LogP contribution in [0.1, 0.15) is 55.4 Å². The van der Waals surface area contributed by atoms with E-state index < -0.39 is 16.1 Å². The SMILES string of the molecule is CCCC(C(O)Cc1ccccc1)n1nc(CC)c2c(=O)[nH]c(Cc3ccc(S(=O)(=O)N4CCOCC4)cc3)nc21. The monoisotopic (exact) mass is 579 g/mol. The number of aliphatic hydroxyl groups excluding tert-OH is 1. The van der Waals surface area contributed by atoms with Crippen LogP contribution in [0.15, 0.2) is 64.3 Å². The summed E-state index contributed by atoms with van der Waals surface area (Å²) in [7, 11) is -3.59. The Labute approximate surface area is 240 Å². The summed E-state index contributed by atoms with van der Waals surface area (Å²) in [5, 5.41) is 16.5. The number of nitrogens with zero attached hydrogens (tertiary/aromatic N) is 4. The smallest absolute Gasteiger partial charge is 0.262 e. The molecule has 0 bridgehead atoms. The summed E-state index contributed by atoms with van der Waals surface area (Å²) in [6.45, 7) is 5.45. The summed E-state index contributed by atoms with van der Waals surface area (Å²) in [5.41, 5.74) is 2.67. The molecular weight excluding hydrogens is 542 g/mol. The van der Waals surface area contributed by atoms with Gasteiger partial charge in [0.2, 0.25) is 10.0 Å². The van der Waals surface area contributed by atoms with E-state index in [2.05, 4.69) is 11.9 Å². The van der Waals surface area contributed by atoms with Gasteiger partial charge in [0.25, 0.3) is 5.56 Å². The fraction of sp³-hybridized carbons (Fsp3) is 0.433. The van der Waals surface area contributed by atoms with E-state index in [4.69, 9.17) is 14.8 Å². The predicted molar refractivity (Wildman–Crippen MR) is 156 cm³/mol. The van der Waals surface area contributed by atoms with Crippen molar-refractivity contribution in [3.63, 3.8) is 0 Å². The highest BCUT2D eigenvalue weighted by atomic mass is 32.2. The van der Waals surface area contributed by atoms with Gasteiger partial charge in [-0.2, -0.15) is 9.40 Å². The minimum atomic E-state index is -3.59. The summed E-state index contributed by atoms with van der Waals surface area (Å²) in [6.07, 6.45) is 2.12. The fourth-order valence-corrected chi connectivity index (χ4v) is 6.80.